The number of hydrogen-bond acceptors (Lipinski definition) is 4. The van der Waals surface area contributed by atoms with Crippen LogP contribution in [0.2, 0.25) is 0 Å². The van der Waals surface area contributed by atoms with E-state index >= 15 is 0 Å². The van der Waals surface area contributed by atoms with Crippen molar-refractivity contribution in [3.63, 3.8) is 0 Å². The Balaban J connectivity index is 1.29. The molecule has 1 aromatic rings. The minimum atomic E-state index is -0.244. The van der Waals surface area contributed by atoms with Crippen LogP contribution < -0.4 is 4.90 Å². The highest BCUT2D eigenvalue weighted by atomic mass is 16.6. The lowest BCUT2D eigenvalue weighted by Crippen LogP contribution is -2.38. The fraction of sp³-hybridized carbons (Fsp3) is 0.652. The summed E-state index contributed by atoms with van der Waals surface area (Å²) in [6.07, 6.45) is 6.85. The van der Waals surface area contributed by atoms with Crippen molar-refractivity contribution in [2.75, 3.05) is 44.2 Å². The molecule has 0 spiro atoms. The second kappa shape index (κ2) is 9.16. The second-order valence-corrected chi connectivity index (χ2v) is 8.80. The zero-order valence-corrected chi connectivity index (χ0v) is 17.5. The molecule has 2 heterocycles. The van der Waals surface area contributed by atoms with Gasteiger partial charge < -0.3 is 9.64 Å². The quantitative estimate of drug-likeness (QED) is 0.673. The molecule has 29 heavy (non-hydrogen) atoms. The third-order valence-electron chi connectivity index (χ3n) is 6.32. The van der Waals surface area contributed by atoms with Crippen LogP contribution in [-0.4, -0.2) is 67.2 Å². The predicted molar refractivity (Wildman–Crippen MR) is 113 cm³/mol. The van der Waals surface area contributed by atoms with Crippen molar-refractivity contribution >= 4 is 17.7 Å². The molecule has 3 aliphatic rings. The van der Waals surface area contributed by atoms with E-state index in [-0.39, 0.29) is 18.1 Å². The number of carbonyl (C=O) groups excluding carboxylic acids is 2. The van der Waals surface area contributed by atoms with E-state index in [0.717, 1.165) is 44.8 Å². The molecule has 1 aromatic carbocycles. The highest BCUT2D eigenvalue weighted by Gasteiger charge is 2.33. The molecule has 0 bridgehead atoms. The molecule has 2 aliphatic heterocycles. The van der Waals surface area contributed by atoms with Gasteiger partial charge in [-0.15, -0.1) is 0 Å². The average molecular weight is 400 g/mol. The van der Waals surface area contributed by atoms with Gasteiger partial charge in [-0.1, -0.05) is 18.6 Å². The van der Waals surface area contributed by atoms with Gasteiger partial charge in [-0.25, -0.2) is 4.79 Å². The van der Waals surface area contributed by atoms with Crippen LogP contribution in [0, 0.1) is 5.92 Å². The minimum Gasteiger partial charge on any atom is -0.443 e. The molecule has 0 N–H and O–H groups in total. The molecule has 6 nitrogen and oxygen atoms in total. The molecule has 6 heteroatoms. The lowest BCUT2D eigenvalue weighted by molar-refractivity contribution is -0.129. The zero-order valence-electron chi connectivity index (χ0n) is 17.5. The van der Waals surface area contributed by atoms with E-state index in [4.69, 9.17) is 4.74 Å². The lowest BCUT2D eigenvalue weighted by Gasteiger charge is -2.27. The summed E-state index contributed by atoms with van der Waals surface area (Å²) >= 11 is 0. The number of cyclic esters (lactones) is 1. The SMILES string of the molecule is CC(=O)N(CCc1ccc(N2CC(CN3CCCCC3)OC2=O)cc1)CC1CC1. The van der Waals surface area contributed by atoms with Crippen LogP contribution >= 0.6 is 0 Å². The predicted octanol–water partition coefficient (Wildman–Crippen LogP) is 3.30. The molecule has 2 saturated heterocycles. The Morgan fingerprint density at radius 3 is 2.52 bits per heavy atom. The van der Waals surface area contributed by atoms with Gasteiger partial charge in [0.15, 0.2) is 0 Å². The maximum atomic E-state index is 12.4. The van der Waals surface area contributed by atoms with Crippen molar-refractivity contribution in [2.24, 2.45) is 5.92 Å². The molecule has 0 aromatic heterocycles. The van der Waals surface area contributed by atoms with E-state index in [2.05, 4.69) is 17.0 Å². The molecule has 3 fully saturated rings. The molecule has 1 atom stereocenters. The van der Waals surface area contributed by atoms with Gasteiger partial charge in [-0.05, 0) is 68.8 Å². The van der Waals surface area contributed by atoms with Crippen LogP contribution in [-0.2, 0) is 16.0 Å². The van der Waals surface area contributed by atoms with Crippen LogP contribution in [0.5, 0.6) is 0 Å². The number of carbonyl (C=O) groups is 2. The number of amides is 2. The van der Waals surface area contributed by atoms with Gasteiger partial charge in [-0.2, -0.15) is 0 Å². The van der Waals surface area contributed by atoms with E-state index in [0.29, 0.717) is 12.5 Å². The maximum Gasteiger partial charge on any atom is 0.414 e. The Kier molecular flexibility index (Phi) is 6.38. The van der Waals surface area contributed by atoms with Gasteiger partial charge in [-0.3, -0.25) is 14.6 Å². The summed E-state index contributed by atoms with van der Waals surface area (Å²) in [4.78, 5) is 30.3. The van der Waals surface area contributed by atoms with Crippen LogP contribution in [0.25, 0.3) is 0 Å². The molecule has 158 valence electrons. The number of anilines is 1. The summed E-state index contributed by atoms with van der Waals surface area (Å²) in [6, 6.07) is 8.13. The summed E-state index contributed by atoms with van der Waals surface area (Å²) < 4.78 is 5.61. The Bertz CT molecular complexity index is 711. The van der Waals surface area contributed by atoms with Gasteiger partial charge in [0.25, 0.3) is 0 Å². The van der Waals surface area contributed by atoms with Gasteiger partial charge in [0, 0.05) is 32.2 Å². The second-order valence-electron chi connectivity index (χ2n) is 8.80. The van der Waals surface area contributed by atoms with E-state index < -0.39 is 0 Å². The first kappa shape index (κ1) is 20.2. The Labute approximate surface area is 173 Å². The van der Waals surface area contributed by atoms with Gasteiger partial charge in [0.2, 0.25) is 5.91 Å². The molecule has 0 radical (unpaired) electrons. The zero-order chi connectivity index (χ0) is 20.2. The fourth-order valence-corrected chi connectivity index (χ4v) is 4.35. The first-order chi connectivity index (χ1) is 14.1. The Hall–Kier alpha value is -2.08. The summed E-state index contributed by atoms with van der Waals surface area (Å²) in [5.74, 6) is 0.869. The van der Waals surface area contributed by atoms with Crippen molar-refractivity contribution in [3.8, 4) is 0 Å². The van der Waals surface area contributed by atoms with Crippen molar-refractivity contribution in [2.45, 2.75) is 51.6 Å². The molecular weight excluding hydrogens is 366 g/mol. The first-order valence-corrected chi connectivity index (χ1v) is 11.1. The molecule has 2 amide bonds. The number of piperidine rings is 1. The standard InChI is InChI=1S/C23H33N3O3/c1-18(27)25(15-20-5-6-20)14-11-19-7-9-21(10-8-19)26-17-22(29-23(26)28)16-24-12-3-2-4-13-24/h7-10,20,22H,2-6,11-17H2,1H3. The third-order valence-corrected chi connectivity index (χ3v) is 6.32. The summed E-state index contributed by atoms with van der Waals surface area (Å²) in [5, 5.41) is 0. The number of hydrogen-bond donors (Lipinski definition) is 0. The van der Waals surface area contributed by atoms with Crippen LogP contribution in [0.4, 0.5) is 10.5 Å². The van der Waals surface area contributed by atoms with Gasteiger partial charge in [0.1, 0.15) is 6.10 Å². The maximum absolute atomic E-state index is 12.4. The van der Waals surface area contributed by atoms with Crippen molar-refractivity contribution < 1.29 is 14.3 Å². The summed E-state index contributed by atoms with van der Waals surface area (Å²) in [5.41, 5.74) is 2.08. The monoisotopic (exact) mass is 399 g/mol. The summed E-state index contributed by atoms with van der Waals surface area (Å²) in [7, 11) is 0. The lowest BCUT2D eigenvalue weighted by atomic mass is 10.1. The van der Waals surface area contributed by atoms with Gasteiger partial charge >= 0.3 is 6.09 Å². The van der Waals surface area contributed by atoms with Crippen molar-refractivity contribution in [1.29, 1.82) is 0 Å². The highest BCUT2D eigenvalue weighted by Crippen LogP contribution is 2.30. The van der Waals surface area contributed by atoms with Crippen molar-refractivity contribution in [1.82, 2.24) is 9.80 Å². The van der Waals surface area contributed by atoms with E-state index in [9.17, 15) is 9.59 Å². The number of nitrogens with zero attached hydrogens (tertiary/aromatic N) is 3. The first-order valence-electron chi connectivity index (χ1n) is 11.1. The Morgan fingerprint density at radius 1 is 1.14 bits per heavy atom. The number of benzene rings is 1. The van der Waals surface area contributed by atoms with E-state index in [1.54, 1.807) is 11.8 Å². The Morgan fingerprint density at radius 2 is 1.86 bits per heavy atom. The molecule has 4 rings (SSSR count). The highest BCUT2D eigenvalue weighted by molar-refractivity contribution is 5.89. The fourth-order valence-electron chi connectivity index (χ4n) is 4.35. The average Bonchev–Trinajstić information content (AvgIpc) is 3.47. The topological polar surface area (TPSA) is 53.1 Å². The number of rotatable bonds is 8. The molecule has 1 aliphatic carbocycles. The van der Waals surface area contributed by atoms with E-state index in [1.165, 1.54) is 37.7 Å². The minimum absolute atomic E-state index is 0.0492. The third kappa shape index (κ3) is 5.50. The number of ether oxygens (including phenoxy) is 1. The largest absolute Gasteiger partial charge is 0.443 e. The normalized spacial score (nSPS) is 22.6. The molecular formula is C23H33N3O3. The van der Waals surface area contributed by atoms with Crippen LogP contribution in [0.1, 0.15) is 44.6 Å². The molecule has 1 saturated carbocycles. The van der Waals surface area contributed by atoms with Gasteiger partial charge in [0.05, 0.1) is 6.54 Å². The van der Waals surface area contributed by atoms with Crippen LogP contribution in [0.3, 0.4) is 0 Å². The van der Waals surface area contributed by atoms with Crippen molar-refractivity contribution in [3.05, 3.63) is 29.8 Å². The van der Waals surface area contributed by atoms with Crippen LogP contribution in [0.15, 0.2) is 24.3 Å². The smallest absolute Gasteiger partial charge is 0.414 e. The molecule has 1 unspecified atom stereocenters. The van der Waals surface area contributed by atoms with E-state index in [1.807, 2.05) is 17.0 Å². The summed E-state index contributed by atoms with van der Waals surface area (Å²) in [6.45, 7) is 6.99. The number of likely N-dealkylation sites (tertiary alicyclic amines) is 1.